The molecule has 0 aromatic heterocycles. The zero-order valence-electron chi connectivity index (χ0n) is 12.7. The van der Waals surface area contributed by atoms with Crippen LogP contribution in [-0.2, 0) is 11.2 Å². The zero-order chi connectivity index (χ0) is 16.8. The molecule has 2 aromatic carbocycles. The first-order valence-corrected chi connectivity index (χ1v) is 8.43. The number of ether oxygens (including phenoxy) is 1. The fourth-order valence-corrected chi connectivity index (χ4v) is 3.19. The van der Waals surface area contributed by atoms with Crippen LogP contribution in [0.2, 0.25) is 0 Å². The lowest BCUT2D eigenvalue weighted by molar-refractivity contribution is 0.0693. The first-order chi connectivity index (χ1) is 11.0. The third-order valence-corrected chi connectivity index (χ3v) is 4.63. The molecule has 6 heteroatoms. The summed E-state index contributed by atoms with van der Waals surface area (Å²) in [5.41, 5.74) is 0.864. The monoisotopic (exact) mass is 334 g/mol. The molecule has 0 fully saturated rings. The third kappa shape index (κ3) is 4.91. The van der Waals surface area contributed by atoms with Crippen LogP contribution in [0.25, 0.3) is 0 Å². The second kappa shape index (κ2) is 7.89. The van der Waals surface area contributed by atoms with Crippen molar-refractivity contribution in [3.63, 3.8) is 0 Å². The molecule has 0 amide bonds. The van der Waals surface area contributed by atoms with Crippen LogP contribution in [0.4, 0.5) is 0 Å². The van der Waals surface area contributed by atoms with Crippen molar-refractivity contribution in [3.8, 4) is 11.5 Å². The summed E-state index contributed by atoms with van der Waals surface area (Å²) in [5.74, 6) is -0.687. The molecule has 0 saturated heterocycles. The Morgan fingerprint density at radius 3 is 2.74 bits per heavy atom. The van der Waals surface area contributed by atoms with Gasteiger partial charge in [-0.3, -0.25) is 0 Å². The molecule has 0 heterocycles. The second-order valence-corrected chi connectivity index (χ2v) is 6.62. The predicted molar refractivity (Wildman–Crippen MR) is 87.6 cm³/mol. The Labute approximate surface area is 137 Å². The van der Waals surface area contributed by atoms with Gasteiger partial charge in [0, 0.05) is 6.42 Å². The van der Waals surface area contributed by atoms with Gasteiger partial charge < -0.3 is 19.5 Å². The number of carbonyl (C=O) groups is 1. The summed E-state index contributed by atoms with van der Waals surface area (Å²) in [5, 5.41) is 18.3. The summed E-state index contributed by atoms with van der Waals surface area (Å²) in [6.45, 7) is 2.27. The van der Waals surface area contributed by atoms with E-state index in [2.05, 4.69) is 0 Å². The van der Waals surface area contributed by atoms with Crippen LogP contribution >= 0.6 is 0 Å². The van der Waals surface area contributed by atoms with Crippen molar-refractivity contribution < 1.29 is 24.3 Å². The Morgan fingerprint density at radius 1 is 1.26 bits per heavy atom. The Balaban J connectivity index is 1.83. The minimum absolute atomic E-state index is 0.203. The van der Waals surface area contributed by atoms with E-state index in [4.69, 9.17) is 9.84 Å². The van der Waals surface area contributed by atoms with Crippen LogP contribution < -0.4 is 4.74 Å². The standard InChI is InChI=1S/C17H18O5S/c1-12-4-2-5-14(10-12)23(21)9-3-8-22-13-6-7-16(18)15(11-13)17(19)20/h2,4-7,10-11,18H,3,8-9H2,1H3,(H,19,20). The molecule has 0 saturated carbocycles. The van der Waals surface area contributed by atoms with Crippen molar-refractivity contribution in [3.05, 3.63) is 53.6 Å². The van der Waals surface area contributed by atoms with Crippen molar-refractivity contribution in [2.45, 2.75) is 18.2 Å². The van der Waals surface area contributed by atoms with Gasteiger partial charge in [-0.25, -0.2) is 4.79 Å². The van der Waals surface area contributed by atoms with Crippen LogP contribution in [0.1, 0.15) is 22.3 Å². The van der Waals surface area contributed by atoms with Crippen LogP contribution in [0.3, 0.4) is 0 Å². The minimum Gasteiger partial charge on any atom is -0.611 e. The van der Waals surface area contributed by atoms with Gasteiger partial charge in [-0.15, -0.1) is 0 Å². The van der Waals surface area contributed by atoms with Crippen LogP contribution in [0, 0.1) is 6.92 Å². The van der Waals surface area contributed by atoms with Gasteiger partial charge in [0.1, 0.15) is 22.8 Å². The van der Waals surface area contributed by atoms with Gasteiger partial charge in [-0.1, -0.05) is 12.1 Å². The van der Waals surface area contributed by atoms with Gasteiger partial charge in [-0.05, 0) is 54.0 Å². The molecule has 0 aliphatic rings. The lowest BCUT2D eigenvalue weighted by atomic mass is 10.2. The lowest BCUT2D eigenvalue weighted by Gasteiger charge is -2.12. The molecule has 2 aromatic rings. The largest absolute Gasteiger partial charge is 0.611 e. The fourth-order valence-electron chi connectivity index (χ4n) is 2.03. The molecule has 0 aliphatic carbocycles. The van der Waals surface area contributed by atoms with Crippen molar-refractivity contribution >= 4 is 17.1 Å². The Kier molecular flexibility index (Phi) is 5.90. The number of carboxylic acid groups (broad SMARTS) is 1. The first-order valence-electron chi connectivity index (χ1n) is 7.11. The van der Waals surface area contributed by atoms with E-state index in [1.165, 1.54) is 18.2 Å². The molecule has 1 atom stereocenters. The van der Waals surface area contributed by atoms with Crippen molar-refractivity contribution in [2.75, 3.05) is 12.4 Å². The smallest absolute Gasteiger partial charge is 0.339 e. The van der Waals surface area contributed by atoms with Gasteiger partial charge in [0.05, 0.1) is 6.61 Å². The third-order valence-electron chi connectivity index (χ3n) is 3.19. The van der Waals surface area contributed by atoms with E-state index < -0.39 is 17.1 Å². The van der Waals surface area contributed by atoms with Crippen LogP contribution in [0.5, 0.6) is 11.5 Å². The highest BCUT2D eigenvalue weighted by Crippen LogP contribution is 2.23. The number of phenols is 1. The fraction of sp³-hybridized carbons (Fsp3) is 0.235. The molecule has 1 unspecified atom stereocenters. The van der Waals surface area contributed by atoms with Crippen LogP contribution in [-0.4, -0.2) is 33.1 Å². The molecule has 2 N–H and O–H groups in total. The summed E-state index contributed by atoms with van der Waals surface area (Å²) in [7, 11) is 0. The highest BCUT2D eigenvalue weighted by Gasteiger charge is 2.12. The molecule has 0 spiro atoms. The van der Waals surface area contributed by atoms with Crippen molar-refractivity contribution in [2.24, 2.45) is 0 Å². The van der Waals surface area contributed by atoms with Gasteiger partial charge in [0.2, 0.25) is 0 Å². The molecule has 122 valence electrons. The summed E-state index contributed by atoms with van der Waals surface area (Å²) in [4.78, 5) is 11.7. The summed E-state index contributed by atoms with van der Waals surface area (Å²) < 4.78 is 17.6. The molecule has 2 rings (SSSR count). The SMILES string of the molecule is Cc1cccc([S+]([O-])CCCOc2ccc(O)c(C(=O)O)c2)c1. The summed E-state index contributed by atoms with van der Waals surface area (Å²) in [6.07, 6.45) is 0.573. The zero-order valence-corrected chi connectivity index (χ0v) is 13.5. The van der Waals surface area contributed by atoms with Crippen molar-refractivity contribution in [1.82, 2.24) is 0 Å². The quantitative estimate of drug-likeness (QED) is 0.600. The molecule has 0 radical (unpaired) electrons. The first kappa shape index (κ1) is 17.2. The second-order valence-electron chi connectivity index (χ2n) is 5.05. The van der Waals surface area contributed by atoms with E-state index in [-0.39, 0.29) is 11.3 Å². The molecular weight excluding hydrogens is 316 g/mol. The van der Waals surface area contributed by atoms with E-state index >= 15 is 0 Å². The number of hydrogen-bond donors (Lipinski definition) is 2. The molecule has 23 heavy (non-hydrogen) atoms. The number of aromatic carboxylic acids is 1. The number of aromatic hydroxyl groups is 1. The van der Waals surface area contributed by atoms with Gasteiger partial charge in [-0.2, -0.15) is 0 Å². The highest BCUT2D eigenvalue weighted by molar-refractivity contribution is 7.91. The average molecular weight is 334 g/mol. The van der Waals surface area contributed by atoms with Gasteiger partial charge in [0.25, 0.3) is 0 Å². The predicted octanol–water partition coefficient (Wildman–Crippen LogP) is 2.98. The normalized spacial score (nSPS) is 11.9. The number of aryl methyl sites for hydroxylation is 1. The van der Waals surface area contributed by atoms with E-state index in [0.717, 1.165) is 10.5 Å². The lowest BCUT2D eigenvalue weighted by Crippen LogP contribution is -2.11. The van der Waals surface area contributed by atoms with Gasteiger partial charge >= 0.3 is 5.97 Å². The van der Waals surface area contributed by atoms with E-state index in [0.29, 0.717) is 24.5 Å². The molecule has 5 nitrogen and oxygen atoms in total. The van der Waals surface area contributed by atoms with E-state index in [1.54, 1.807) is 0 Å². The topological polar surface area (TPSA) is 89.8 Å². The number of benzene rings is 2. The average Bonchev–Trinajstić information content (AvgIpc) is 2.52. The van der Waals surface area contributed by atoms with E-state index in [1.807, 2.05) is 31.2 Å². The number of carboxylic acids is 1. The molecule has 0 bridgehead atoms. The summed E-state index contributed by atoms with van der Waals surface area (Å²) in [6, 6.07) is 11.6. The van der Waals surface area contributed by atoms with Crippen LogP contribution in [0.15, 0.2) is 47.4 Å². The van der Waals surface area contributed by atoms with Crippen molar-refractivity contribution in [1.29, 1.82) is 0 Å². The minimum atomic E-state index is -1.21. The maximum atomic E-state index is 12.1. The maximum absolute atomic E-state index is 12.1. The Hall–Kier alpha value is -2.18. The van der Waals surface area contributed by atoms with Gasteiger partial charge in [0.15, 0.2) is 4.90 Å². The molecule has 0 aliphatic heterocycles. The Morgan fingerprint density at radius 2 is 2.04 bits per heavy atom. The number of hydrogen-bond acceptors (Lipinski definition) is 4. The van der Waals surface area contributed by atoms with E-state index in [9.17, 15) is 14.5 Å². The molecular formula is C17H18O5S. The maximum Gasteiger partial charge on any atom is 0.339 e. The highest BCUT2D eigenvalue weighted by atomic mass is 32.2. The summed E-state index contributed by atoms with van der Waals surface area (Å²) >= 11 is -1.08. The number of rotatable bonds is 7. The Bertz CT molecular complexity index is 686.